The van der Waals surface area contributed by atoms with Gasteiger partial charge < -0.3 is 15.7 Å². The number of carbonyl (C=O) groups excluding carboxylic acids is 1. The van der Waals surface area contributed by atoms with Crippen molar-refractivity contribution in [2.75, 3.05) is 26.2 Å². The van der Waals surface area contributed by atoms with Crippen molar-refractivity contribution >= 4 is 5.91 Å². The summed E-state index contributed by atoms with van der Waals surface area (Å²) in [6.07, 6.45) is -7.38. The lowest BCUT2D eigenvalue weighted by molar-refractivity contribution is -0.143. The minimum Gasteiger partial charge on any atom is -0.377 e. The van der Waals surface area contributed by atoms with Crippen LogP contribution in [0.4, 0.5) is 26.3 Å². The Kier molecular flexibility index (Phi) is 7.17. The van der Waals surface area contributed by atoms with E-state index in [1.807, 2.05) is 4.90 Å². The molecule has 0 aromatic heterocycles. The average molecular weight is 453 g/mol. The predicted octanol–water partition coefficient (Wildman–Crippen LogP) is 3.24. The van der Waals surface area contributed by atoms with Crippen molar-refractivity contribution in [1.82, 2.24) is 15.5 Å². The highest BCUT2D eigenvalue weighted by Gasteiger charge is 2.37. The SMILES string of the molecule is O=C(NCC1CCN(C(O)[C@@H]2CCCN2)CC1)c1cc(C(F)(F)F)cc(C(F)(F)F)c1. The van der Waals surface area contributed by atoms with Gasteiger partial charge in [-0.3, -0.25) is 9.69 Å². The van der Waals surface area contributed by atoms with E-state index in [-0.39, 0.29) is 24.6 Å². The number of hydrogen-bond acceptors (Lipinski definition) is 4. The summed E-state index contributed by atoms with van der Waals surface area (Å²) in [4.78, 5) is 14.2. The summed E-state index contributed by atoms with van der Waals surface area (Å²) in [6.45, 7) is 2.21. The number of nitrogens with one attached hydrogen (secondary N) is 2. The van der Waals surface area contributed by atoms with Gasteiger partial charge in [0, 0.05) is 31.2 Å². The van der Waals surface area contributed by atoms with E-state index in [9.17, 15) is 36.2 Å². The third kappa shape index (κ3) is 6.11. The van der Waals surface area contributed by atoms with Gasteiger partial charge in [-0.25, -0.2) is 0 Å². The molecule has 1 unspecified atom stereocenters. The van der Waals surface area contributed by atoms with Crippen LogP contribution < -0.4 is 10.6 Å². The number of likely N-dealkylation sites (tertiary alicyclic amines) is 1. The number of benzene rings is 1. The molecule has 2 aliphatic heterocycles. The molecule has 3 N–H and O–H groups in total. The molecule has 2 aliphatic rings. The lowest BCUT2D eigenvalue weighted by Gasteiger charge is -2.37. The Morgan fingerprint density at radius 3 is 2.13 bits per heavy atom. The molecule has 1 aromatic rings. The number of halogens is 6. The Morgan fingerprint density at radius 1 is 1.06 bits per heavy atom. The number of alkyl halides is 6. The maximum atomic E-state index is 13.0. The van der Waals surface area contributed by atoms with Crippen LogP contribution in [0.25, 0.3) is 0 Å². The van der Waals surface area contributed by atoms with Crippen LogP contribution in [-0.4, -0.2) is 54.4 Å². The normalized spacial score (nSPS) is 22.5. The monoisotopic (exact) mass is 453 g/mol. The summed E-state index contributed by atoms with van der Waals surface area (Å²) in [5.41, 5.74) is -3.71. The quantitative estimate of drug-likeness (QED) is 0.599. The summed E-state index contributed by atoms with van der Waals surface area (Å²) >= 11 is 0. The first-order valence-electron chi connectivity index (χ1n) is 10.2. The summed E-state index contributed by atoms with van der Waals surface area (Å²) in [7, 11) is 0. The fourth-order valence-electron chi connectivity index (χ4n) is 4.07. The minimum atomic E-state index is -5.00. The van der Waals surface area contributed by atoms with Crippen LogP contribution in [0.3, 0.4) is 0 Å². The van der Waals surface area contributed by atoms with Crippen LogP contribution in [-0.2, 0) is 12.4 Å². The van der Waals surface area contributed by atoms with E-state index in [0.29, 0.717) is 38.1 Å². The smallest absolute Gasteiger partial charge is 0.377 e. The summed E-state index contributed by atoms with van der Waals surface area (Å²) in [5.74, 6) is -0.953. The Labute approximate surface area is 175 Å². The standard InChI is InChI=1S/C20H25F6N3O2/c21-19(22,23)14-8-13(9-15(10-14)20(24,25)26)17(30)28-11-12-3-6-29(7-4-12)18(31)16-2-1-5-27-16/h8-10,12,16,18,27,31H,1-7,11H2,(H,28,30)/t16-,18?/m0/s1. The number of rotatable bonds is 5. The number of piperidine rings is 1. The summed E-state index contributed by atoms with van der Waals surface area (Å²) in [6, 6.07) is 0.882. The number of hydrogen-bond donors (Lipinski definition) is 3. The molecule has 1 amide bonds. The average Bonchev–Trinajstić information content (AvgIpc) is 3.25. The molecule has 0 aliphatic carbocycles. The molecule has 31 heavy (non-hydrogen) atoms. The van der Waals surface area contributed by atoms with E-state index in [1.165, 1.54) is 0 Å². The number of carbonyl (C=O) groups is 1. The molecule has 2 heterocycles. The zero-order chi connectivity index (χ0) is 22.8. The Hall–Kier alpha value is -1.85. The van der Waals surface area contributed by atoms with E-state index in [0.717, 1.165) is 19.4 Å². The van der Waals surface area contributed by atoms with Gasteiger partial charge >= 0.3 is 12.4 Å². The molecule has 0 spiro atoms. The van der Waals surface area contributed by atoms with Gasteiger partial charge in [0.05, 0.1) is 11.1 Å². The highest BCUT2D eigenvalue weighted by molar-refractivity contribution is 5.94. The third-order valence-electron chi connectivity index (χ3n) is 5.88. The van der Waals surface area contributed by atoms with Gasteiger partial charge in [-0.15, -0.1) is 0 Å². The zero-order valence-electron chi connectivity index (χ0n) is 16.7. The number of amides is 1. The molecule has 0 saturated carbocycles. The summed E-state index contributed by atoms with van der Waals surface area (Å²) in [5, 5.41) is 16.1. The molecule has 0 radical (unpaired) electrons. The van der Waals surface area contributed by atoms with E-state index >= 15 is 0 Å². The second-order valence-electron chi connectivity index (χ2n) is 8.10. The molecule has 5 nitrogen and oxygen atoms in total. The van der Waals surface area contributed by atoms with Gasteiger partial charge in [0.25, 0.3) is 5.91 Å². The highest BCUT2D eigenvalue weighted by atomic mass is 19.4. The van der Waals surface area contributed by atoms with Crippen molar-refractivity contribution < 1.29 is 36.2 Å². The second-order valence-corrected chi connectivity index (χ2v) is 8.10. The molecule has 2 fully saturated rings. The molecular formula is C20H25F6N3O2. The van der Waals surface area contributed by atoms with Gasteiger partial charge in [0.2, 0.25) is 0 Å². The summed E-state index contributed by atoms with van der Waals surface area (Å²) < 4.78 is 77.8. The van der Waals surface area contributed by atoms with Gasteiger partial charge in [-0.05, 0) is 56.3 Å². The van der Waals surface area contributed by atoms with Crippen LogP contribution in [0, 0.1) is 5.92 Å². The first kappa shape index (κ1) is 23.8. The number of aliphatic hydroxyl groups is 1. The van der Waals surface area contributed by atoms with Crippen LogP contribution >= 0.6 is 0 Å². The van der Waals surface area contributed by atoms with Crippen LogP contribution in [0.15, 0.2) is 18.2 Å². The van der Waals surface area contributed by atoms with Crippen molar-refractivity contribution in [2.45, 2.75) is 50.3 Å². The molecule has 174 valence electrons. The Morgan fingerprint density at radius 2 is 1.65 bits per heavy atom. The molecule has 2 saturated heterocycles. The van der Waals surface area contributed by atoms with E-state index in [2.05, 4.69) is 10.6 Å². The maximum absolute atomic E-state index is 13.0. The van der Waals surface area contributed by atoms with Crippen molar-refractivity contribution in [2.24, 2.45) is 5.92 Å². The third-order valence-corrected chi connectivity index (χ3v) is 5.88. The molecular weight excluding hydrogens is 428 g/mol. The first-order chi connectivity index (χ1) is 14.4. The van der Waals surface area contributed by atoms with Crippen molar-refractivity contribution in [3.05, 3.63) is 34.9 Å². The molecule has 2 atom stereocenters. The number of nitrogens with zero attached hydrogens (tertiary/aromatic N) is 1. The number of aliphatic hydroxyl groups excluding tert-OH is 1. The van der Waals surface area contributed by atoms with Crippen LogP contribution in [0.2, 0.25) is 0 Å². The van der Waals surface area contributed by atoms with E-state index in [1.54, 1.807) is 0 Å². The fraction of sp³-hybridized carbons (Fsp3) is 0.650. The largest absolute Gasteiger partial charge is 0.416 e. The van der Waals surface area contributed by atoms with Gasteiger partial charge in [0.15, 0.2) is 0 Å². The molecule has 11 heteroatoms. The van der Waals surface area contributed by atoms with Crippen molar-refractivity contribution in [3.63, 3.8) is 0 Å². The van der Waals surface area contributed by atoms with Gasteiger partial charge in [-0.2, -0.15) is 26.3 Å². The first-order valence-corrected chi connectivity index (χ1v) is 10.2. The zero-order valence-corrected chi connectivity index (χ0v) is 16.7. The molecule has 1 aromatic carbocycles. The van der Waals surface area contributed by atoms with Crippen molar-refractivity contribution in [1.29, 1.82) is 0 Å². The topological polar surface area (TPSA) is 64.6 Å². The lowest BCUT2D eigenvalue weighted by Crippen LogP contribution is -2.51. The van der Waals surface area contributed by atoms with E-state index in [4.69, 9.17) is 0 Å². The highest BCUT2D eigenvalue weighted by Crippen LogP contribution is 2.36. The van der Waals surface area contributed by atoms with Crippen LogP contribution in [0.1, 0.15) is 47.2 Å². The second kappa shape index (κ2) is 9.33. The van der Waals surface area contributed by atoms with Crippen LogP contribution in [0.5, 0.6) is 0 Å². The predicted molar refractivity (Wildman–Crippen MR) is 100 cm³/mol. The minimum absolute atomic E-state index is 0.00296. The van der Waals surface area contributed by atoms with E-state index < -0.39 is 41.2 Å². The van der Waals surface area contributed by atoms with Crippen molar-refractivity contribution in [3.8, 4) is 0 Å². The maximum Gasteiger partial charge on any atom is 0.416 e. The fourth-order valence-corrected chi connectivity index (χ4v) is 4.07. The molecule has 0 bridgehead atoms. The molecule has 3 rings (SSSR count). The Balaban J connectivity index is 1.57. The van der Waals surface area contributed by atoms with Gasteiger partial charge in [-0.1, -0.05) is 0 Å². The Bertz CT molecular complexity index is 737. The lowest BCUT2D eigenvalue weighted by atomic mass is 9.95. The van der Waals surface area contributed by atoms with Gasteiger partial charge in [0.1, 0.15) is 6.23 Å².